The molecule has 19 heavy (non-hydrogen) atoms. The second-order valence-corrected chi connectivity index (χ2v) is 5.87. The number of rotatable bonds is 4. The first kappa shape index (κ1) is 14.1. The molecule has 0 unspecified atom stereocenters. The van der Waals surface area contributed by atoms with E-state index in [-0.39, 0.29) is 12.1 Å². The lowest BCUT2D eigenvalue weighted by atomic mass is 9.90. The van der Waals surface area contributed by atoms with Crippen LogP contribution in [0, 0.1) is 5.92 Å². The highest BCUT2D eigenvalue weighted by molar-refractivity contribution is 5.80. The van der Waals surface area contributed by atoms with Gasteiger partial charge in [0.25, 0.3) is 0 Å². The van der Waals surface area contributed by atoms with Crippen LogP contribution in [0.25, 0.3) is 0 Å². The van der Waals surface area contributed by atoms with Crippen molar-refractivity contribution in [2.24, 2.45) is 10.9 Å². The number of hydrogen-bond donors (Lipinski definition) is 1. The lowest BCUT2D eigenvalue weighted by Crippen LogP contribution is -2.29. The van der Waals surface area contributed by atoms with Gasteiger partial charge in [-0.3, -0.25) is 4.99 Å². The van der Waals surface area contributed by atoms with Gasteiger partial charge >= 0.3 is 0 Å². The predicted molar refractivity (Wildman–Crippen MR) is 81.2 cm³/mol. The van der Waals surface area contributed by atoms with Crippen LogP contribution in [-0.4, -0.2) is 37.6 Å². The van der Waals surface area contributed by atoms with E-state index in [1.54, 1.807) is 0 Å². The minimum Gasteiger partial charge on any atom is -0.396 e. The molecule has 3 heteroatoms. The molecule has 0 radical (unpaired) electrons. The highest BCUT2D eigenvalue weighted by atomic mass is 16.3. The number of aliphatic hydroxyl groups excluding tert-OH is 1. The SMILES string of the molecule is CN(C)c1ccc(C=N[C@@]2(C)CCC[C@H]2CO)cc1. The molecule has 2 atom stereocenters. The molecule has 104 valence electrons. The molecule has 1 saturated carbocycles. The molecule has 1 N–H and O–H groups in total. The Morgan fingerprint density at radius 3 is 2.63 bits per heavy atom. The van der Waals surface area contributed by atoms with Gasteiger partial charge in [0.1, 0.15) is 0 Å². The van der Waals surface area contributed by atoms with Gasteiger partial charge in [-0.25, -0.2) is 0 Å². The predicted octanol–water partition coefficient (Wildman–Crippen LogP) is 2.72. The van der Waals surface area contributed by atoms with E-state index >= 15 is 0 Å². The molecular formula is C16H24N2O. The molecule has 1 aliphatic carbocycles. The van der Waals surface area contributed by atoms with Crippen LogP contribution >= 0.6 is 0 Å². The summed E-state index contributed by atoms with van der Waals surface area (Å²) in [5.74, 6) is 0.310. The Bertz CT molecular complexity index is 439. The number of benzene rings is 1. The molecule has 1 aliphatic rings. The Morgan fingerprint density at radius 2 is 2.05 bits per heavy atom. The monoisotopic (exact) mass is 260 g/mol. The van der Waals surface area contributed by atoms with Crippen LogP contribution in [0.1, 0.15) is 31.7 Å². The average molecular weight is 260 g/mol. The molecule has 0 spiro atoms. The zero-order valence-corrected chi connectivity index (χ0v) is 12.1. The van der Waals surface area contributed by atoms with Crippen LogP contribution in [0.5, 0.6) is 0 Å². The van der Waals surface area contributed by atoms with Gasteiger partial charge in [-0.1, -0.05) is 18.6 Å². The smallest absolute Gasteiger partial charge is 0.0630 e. The summed E-state index contributed by atoms with van der Waals surface area (Å²) in [5.41, 5.74) is 2.22. The standard InChI is InChI=1S/C16H24N2O/c1-16(10-4-5-14(16)12-19)17-11-13-6-8-15(9-7-13)18(2)3/h6-9,11,14,19H,4-5,10,12H2,1-3H3/t14-,16-/m0/s1. The summed E-state index contributed by atoms with van der Waals surface area (Å²) in [4.78, 5) is 6.84. The molecule has 0 aliphatic heterocycles. The maximum Gasteiger partial charge on any atom is 0.0630 e. The summed E-state index contributed by atoms with van der Waals surface area (Å²) in [5, 5.41) is 9.42. The van der Waals surface area contributed by atoms with Crippen LogP contribution in [0.2, 0.25) is 0 Å². The number of aliphatic imine (C=N–C) groups is 1. The van der Waals surface area contributed by atoms with Crippen molar-refractivity contribution in [1.82, 2.24) is 0 Å². The highest BCUT2D eigenvalue weighted by Gasteiger charge is 2.37. The minimum absolute atomic E-state index is 0.0883. The van der Waals surface area contributed by atoms with Gasteiger partial charge in [-0.15, -0.1) is 0 Å². The lowest BCUT2D eigenvalue weighted by Gasteiger charge is -2.25. The van der Waals surface area contributed by atoms with Gasteiger partial charge in [0, 0.05) is 38.5 Å². The first-order valence-corrected chi connectivity index (χ1v) is 6.98. The topological polar surface area (TPSA) is 35.8 Å². The van der Waals surface area contributed by atoms with Gasteiger partial charge in [-0.2, -0.15) is 0 Å². The van der Waals surface area contributed by atoms with Gasteiger partial charge in [0.2, 0.25) is 0 Å². The molecule has 1 aromatic rings. The van der Waals surface area contributed by atoms with E-state index in [1.807, 2.05) is 20.3 Å². The fourth-order valence-corrected chi connectivity index (χ4v) is 2.76. The van der Waals surface area contributed by atoms with Crippen molar-refractivity contribution < 1.29 is 5.11 Å². The minimum atomic E-state index is -0.0883. The van der Waals surface area contributed by atoms with Crippen molar-refractivity contribution in [2.75, 3.05) is 25.6 Å². The van der Waals surface area contributed by atoms with E-state index in [0.29, 0.717) is 5.92 Å². The molecule has 1 fully saturated rings. The third-order valence-corrected chi connectivity index (χ3v) is 4.25. The summed E-state index contributed by atoms with van der Waals surface area (Å²) in [6.07, 6.45) is 5.28. The molecule has 3 nitrogen and oxygen atoms in total. The lowest BCUT2D eigenvalue weighted by molar-refractivity contribution is 0.184. The molecule has 1 aromatic carbocycles. The van der Waals surface area contributed by atoms with E-state index in [4.69, 9.17) is 4.99 Å². The van der Waals surface area contributed by atoms with E-state index in [1.165, 1.54) is 12.1 Å². The van der Waals surface area contributed by atoms with Crippen LogP contribution in [-0.2, 0) is 0 Å². The van der Waals surface area contributed by atoms with Crippen molar-refractivity contribution in [3.63, 3.8) is 0 Å². The highest BCUT2D eigenvalue weighted by Crippen LogP contribution is 2.38. The maximum atomic E-state index is 9.42. The summed E-state index contributed by atoms with van der Waals surface area (Å²) in [6, 6.07) is 8.37. The fourth-order valence-electron chi connectivity index (χ4n) is 2.76. The molecule has 0 saturated heterocycles. The van der Waals surface area contributed by atoms with Crippen LogP contribution in [0.3, 0.4) is 0 Å². The Hall–Kier alpha value is -1.35. The summed E-state index contributed by atoms with van der Waals surface area (Å²) in [7, 11) is 4.07. The molecular weight excluding hydrogens is 236 g/mol. The first-order chi connectivity index (χ1) is 9.05. The Labute approximate surface area is 116 Å². The molecule has 0 bridgehead atoms. The van der Waals surface area contributed by atoms with Crippen molar-refractivity contribution in [3.05, 3.63) is 29.8 Å². The van der Waals surface area contributed by atoms with Crippen molar-refractivity contribution in [1.29, 1.82) is 0 Å². The summed E-state index contributed by atoms with van der Waals surface area (Å²) in [6.45, 7) is 2.40. The van der Waals surface area contributed by atoms with Crippen LogP contribution in [0.4, 0.5) is 5.69 Å². The number of aliphatic hydroxyl groups is 1. The Kier molecular flexibility index (Phi) is 4.25. The number of nitrogens with zero attached hydrogens (tertiary/aromatic N) is 2. The van der Waals surface area contributed by atoms with Gasteiger partial charge in [0.05, 0.1) is 5.54 Å². The van der Waals surface area contributed by atoms with Crippen molar-refractivity contribution >= 4 is 11.9 Å². The maximum absolute atomic E-state index is 9.42. The average Bonchev–Trinajstić information content (AvgIpc) is 2.78. The third-order valence-electron chi connectivity index (χ3n) is 4.25. The Morgan fingerprint density at radius 1 is 1.37 bits per heavy atom. The first-order valence-electron chi connectivity index (χ1n) is 6.98. The third kappa shape index (κ3) is 3.16. The quantitative estimate of drug-likeness (QED) is 0.845. The zero-order valence-electron chi connectivity index (χ0n) is 12.1. The Balaban J connectivity index is 2.09. The largest absolute Gasteiger partial charge is 0.396 e. The fraction of sp³-hybridized carbons (Fsp3) is 0.562. The second-order valence-electron chi connectivity index (χ2n) is 5.87. The van der Waals surface area contributed by atoms with Gasteiger partial charge in [-0.05, 0) is 37.5 Å². The molecule has 0 aromatic heterocycles. The van der Waals surface area contributed by atoms with Gasteiger partial charge in [0.15, 0.2) is 0 Å². The summed E-state index contributed by atoms with van der Waals surface area (Å²) < 4.78 is 0. The zero-order chi connectivity index (χ0) is 13.9. The van der Waals surface area contributed by atoms with Crippen LogP contribution in [0.15, 0.2) is 29.3 Å². The molecule has 0 heterocycles. The van der Waals surface area contributed by atoms with Crippen molar-refractivity contribution in [3.8, 4) is 0 Å². The molecule has 2 rings (SSSR count). The number of anilines is 1. The normalized spacial score (nSPS) is 27.1. The molecule has 0 amide bonds. The van der Waals surface area contributed by atoms with E-state index in [2.05, 4.69) is 36.1 Å². The van der Waals surface area contributed by atoms with Crippen LogP contribution < -0.4 is 4.90 Å². The summed E-state index contributed by atoms with van der Waals surface area (Å²) >= 11 is 0. The van der Waals surface area contributed by atoms with E-state index in [0.717, 1.165) is 18.4 Å². The van der Waals surface area contributed by atoms with Gasteiger partial charge < -0.3 is 10.0 Å². The van der Waals surface area contributed by atoms with E-state index < -0.39 is 0 Å². The van der Waals surface area contributed by atoms with E-state index in [9.17, 15) is 5.11 Å². The van der Waals surface area contributed by atoms with Crippen molar-refractivity contribution in [2.45, 2.75) is 31.7 Å². The number of hydrogen-bond acceptors (Lipinski definition) is 3. The second kappa shape index (κ2) is 5.74.